The number of aliphatic hydroxyl groups excluding tert-OH is 1. The van der Waals surface area contributed by atoms with Crippen molar-refractivity contribution in [2.24, 2.45) is 0 Å². The number of hydrogen-bond acceptors (Lipinski definition) is 4. The number of alkyl halides is 13. The van der Waals surface area contributed by atoms with Crippen LogP contribution in [0.15, 0.2) is 0 Å². The predicted octanol–water partition coefficient (Wildman–Crippen LogP) is 2.08. The molecule has 0 fully saturated rings. The highest BCUT2D eigenvalue weighted by atomic mass is 32.2. The van der Waals surface area contributed by atoms with Gasteiger partial charge < -0.3 is 5.11 Å². The van der Waals surface area contributed by atoms with Crippen molar-refractivity contribution in [2.45, 2.75) is 47.6 Å². The summed E-state index contributed by atoms with van der Waals surface area (Å²) in [5, 5.41) is 4.92. The van der Waals surface area contributed by atoms with Crippen molar-refractivity contribution in [3.63, 3.8) is 0 Å². The third-order valence-corrected chi connectivity index (χ3v) is 5.74. The lowest BCUT2D eigenvalue weighted by Crippen LogP contribution is -2.70. The zero-order valence-corrected chi connectivity index (χ0v) is 16.2. The second kappa shape index (κ2) is 9.35. The van der Waals surface area contributed by atoms with Gasteiger partial charge in [0.05, 0.1) is 6.61 Å². The number of hydrogen-bond donors (Lipinski definition) is 4. The van der Waals surface area contributed by atoms with Gasteiger partial charge in [0, 0.05) is 13.0 Å². The van der Waals surface area contributed by atoms with Gasteiger partial charge >= 0.3 is 35.8 Å². The van der Waals surface area contributed by atoms with Crippen LogP contribution in [0.1, 0.15) is 6.42 Å². The zero-order chi connectivity index (χ0) is 26.2. The fraction of sp³-hybridized carbons (Fsp3) is 1.00. The molecule has 0 aromatic carbocycles. The van der Waals surface area contributed by atoms with Gasteiger partial charge in [-0.2, -0.15) is 61.8 Å². The summed E-state index contributed by atoms with van der Waals surface area (Å²) in [6.45, 7) is -2.18. The molecule has 22 heteroatoms. The Labute approximate surface area is 171 Å². The van der Waals surface area contributed by atoms with E-state index in [0.29, 0.717) is 0 Å². The molecule has 0 aromatic rings. The molecule has 0 amide bonds. The maximum Gasteiger partial charge on any atom is 0.460 e. The third kappa shape index (κ3) is 5.56. The summed E-state index contributed by atoms with van der Waals surface area (Å²) >= 11 is -3.69. The van der Waals surface area contributed by atoms with Crippen LogP contribution in [0.4, 0.5) is 57.1 Å². The zero-order valence-electron chi connectivity index (χ0n) is 14.5. The monoisotopic (exact) mass is 550 g/mol. The van der Waals surface area contributed by atoms with Crippen LogP contribution in [0.5, 0.6) is 0 Å². The summed E-state index contributed by atoms with van der Waals surface area (Å²) in [7, 11) is -5.55. The third-order valence-electron chi connectivity index (χ3n) is 3.46. The lowest BCUT2D eigenvalue weighted by atomic mass is 9.92. The molecule has 0 aromatic heterocycles. The average Bonchev–Trinajstić information content (AvgIpc) is 2.57. The lowest BCUT2D eigenvalue weighted by molar-refractivity contribution is -0.440. The highest BCUT2D eigenvalue weighted by Gasteiger charge is 2.90. The van der Waals surface area contributed by atoms with Crippen molar-refractivity contribution in [3.8, 4) is 0 Å². The molecule has 4 N–H and O–H groups in total. The van der Waals surface area contributed by atoms with Gasteiger partial charge in [0.1, 0.15) is 5.37 Å². The van der Waals surface area contributed by atoms with E-state index in [1.807, 2.05) is 0 Å². The highest BCUT2D eigenvalue weighted by Crippen LogP contribution is 2.60. The molecule has 2 unspecified atom stereocenters. The Hall–Kier alpha value is -0.970. The molecule has 7 nitrogen and oxygen atoms in total. The van der Waals surface area contributed by atoms with Crippen molar-refractivity contribution in [3.05, 3.63) is 0 Å². The molecule has 0 aliphatic carbocycles. The van der Waals surface area contributed by atoms with Crippen LogP contribution in [0.25, 0.3) is 0 Å². The normalized spacial score (nSPS) is 17.3. The smallest absolute Gasteiger partial charge is 0.395 e. The summed E-state index contributed by atoms with van der Waals surface area (Å²) in [5.41, 5.74) is 0. The van der Waals surface area contributed by atoms with E-state index >= 15 is 0 Å². The van der Waals surface area contributed by atoms with Crippen LogP contribution in [-0.4, -0.2) is 76.6 Å². The van der Waals surface area contributed by atoms with Crippen molar-refractivity contribution >= 4 is 21.3 Å². The fourth-order valence-corrected chi connectivity index (χ4v) is 3.85. The minimum atomic E-state index is -8.18. The summed E-state index contributed by atoms with van der Waals surface area (Å²) in [5.74, 6) is -38.9. The number of rotatable bonds is 12. The van der Waals surface area contributed by atoms with E-state index in [9.17, 15) is 69.7 Å². The summed E-state index contributed by atoms with van der Waals surface area (Å²) in [6, 6.07) is 0. The molecule has 0 saturated heterocycles. The molecule has 0 aliphatic heterocycles. The quantitative estimate of drug-likeness (QED) is 0.220. The SMILES string of the molecule is O=S(O)NC(CC(F)(F)C(F)(F)C(F)(F)C(F)(F)C(F)(F)C(F)(F)F)S(=O)(=O)NCCO. The van der Waals surface area contributed by atoms with Gasteiger partial charge in [-0.3, -0.25) is 4.55 Å². The second-order valence-corrected chi connectivity index (χ2v) is 8.40. The van der Waals surface area contributed by atoms with Gasteiger partial charge in [0.2, 0.25) is 21.3 Å². The Kier molecular flexibility index (Phi) is 9.07. The molecule has 0 saturated carbocycles. The van der Waals surface area contributed by atoms with E-state index in [1.165, 1.54) is 0 Å². The first-order valence-electron chi connectivity index (χ1n) is 7.25. The van der Waals surface area contributed by atoms with Crippen molar-refractivity contribution in [2.75, 3.05) is 13.2 Å². The molecule has 0 aliphatic rings. The van der Waals surface area contributed by atoms with Crippen LogP contribution in [-0.2, 0) is 21.3 Å². The average molecular weight is 550 g/mol. The topological polar surface area (TPSA) is 116 Å². The van der Waals surface area contributed by atoms with Crippen LogP contribution >= 0.6 is 0 Å². The van der Waals surface area contributed by atoms with E-state index in [-0.39, 0.29) is 0 Å². The second-order valence-electron chi connectivity index (χ2n) is 5.72. The maximum atomic E-state index is 13.8. The summed E-state index contributed by atoms with van der Waals surface area (Å²) < 4.78 is 214. The van der Waals surface area contributed by atoms with E-state index < -0.39 is 82.0 Å². The first-order chi connectivity index (χ1) is 13.8. The molecule has 0 bridgehead atoms. The Morgan fingerprint density at radius 3 is 1.53 bits per heavy atom. The summed E-state index contributed by atoms with van der Waals surface area (Å²) in [4.78, 5) is 0. The molecular formula is C10H11F13N2O5S2. The first kappa shape index (κ1) is 31.0. The lowest BCUT2D eigenvalue weighted by Gasteiger charge is -2.40. The van der Waals surface area contributed by atoms with E-state index in [2.05, 4.69) is 0 Å². The molecule has 0 heterocycles. The Bertz CT molecular complexity index is 786. The van der Waals surface area contributed by atoms with Gasteiger partial charge in [0.25, 0.3) is 0 Å². The van der Waals surface area contributed by atoms with Gasteiger partial charge in [-0.05, 0) is 0 Å². The Morgan fingerprint density at radius 2 is 1.19 bits per heavy atom. The number of sulfonamides is 1. The van der Waals surface area contributed by atoms with Crippen molar-refractivity contribution in [1.82, 2.24) is 9.44 Å². The number of halogens is 13. The van der Waals surface area contributed by atoms with Gasteiger partial charge in [0.15, 0.2) is 0 Å². The standard InChI is InChI=1S/C10H11F13N2O5S2/c11-5(12,3-4(25-31(27)28)32(29,30)24-1-2-26)6(13,14)7(15,16)8(17,18)9(19,20)10(21,22)23/h4,24-26H,1-3H2,(H,27,28). The molecule has 0 rings (SSSR count). The van der Waals surface area contributed by atoms with Crippen molar-refractivity contribution < 1.29 is 79.4 Å². The molecule has 0 radical (unpaired) electrons. The van der Waals surface area contributed by atoms with Crippen LogP contribution in [0.3, 0.4) is 0 Å². The van der Waals surface area contributed by atoms with Crippen LogP contribution in [0, 0.1) is 0 Å². The Balaban J connectivity index is 6.43. The summed E-state index contributed by atoms with van der Waals surface area (Å²) in [6.07, 6.45) is -10.9. The minimum absolute atomic E-state index is 0.724. The van der Waals surface area contributed by atoms with E-state index in [1.54, 1.807) is 0 Å². The molecule has 32 heavy (non-hydrogen) atoms. The largest absolute Gasteiger partial charge is 0.460 e. The fourth-order valence-electron chi connectivity index (χ4n) is 1.78. The van der Waals surface area contributed by atoms with Gasteiger partial charge in [-0.25, -0.2) is 17.3 Å². The highest BCUT2D eigenvalue weighted by molar-refractivity contribution is 7.90. The van der Waals surface area contributed by atoms with Gasteiger partial charge in [-0.15, -0.1) is 0 Å². The molecule has 194 valence electrons. The van der Waals surface area contributed by atoms with E-state index in [0.717, 1.165) is 9.44 Å². The van der Waals surface area contributed by atoms with E-state index in [4.69, 9.17) is 9.66 Å². The number of nitrogens with one attached hydrogen (secondary N) is 2. The predicted molar refractivity (Wildman–Crippen MR) is 77.1 cm³/mol. The van der Waals surface area contributed by atoms with Crippen molar-refractivity contribution in [1.29, 1.82) is 0 Å². The van der Waals surface area contributed by atoms with Crippen LogP contribution < -0.4 is 9.44 Å². The number of aliphatic hydroxyl groups is 1. The van der Waals surface area contributed by atoms with Crippen LogP contribution in [0.2, 0.25) is 0 Å². The molecule has 0 spiro atoms. The maximum absolute atomic E-state index is 13.8. The molecular weight excluding hydrogens is 539 g/mol. The first-order valence-corrected chi connectivity index (χ1v) is 9.91. The Morgan fingerprint density at radius 1 is 0.781 bits per heavy atom. The molecule has 2 atom stereocenters. The minimum Gasteiger partial charge on any atom is -0.395 e. The van der Waals surface area contributed by atoms with Gasteiger partial charge in [-0.1, -0.05) is 0 Å².